The van der Waals surface area contributed by atoms with Gasteiger partial charge in [0.05, 0.1) is 11.7 Å². The van der Waals surface area contributed by atoms with E-state index in [2.05, 4.69) is 6.58 Å². The van der Waals surface area contributed by atoms with Crippen LogP contribution in [0.5, 0.6) is 0 Å². The van der Waals surface area contributed by atoms with Gasteiger partial charge in [-0.3, -0.25) is 4.90 Å². The fourth-order valence-corrected chi connectivity index (χ4v) is 1.43. The molecule has 90 valence electrons. The standard InChI is InChI=1S/C12H19NO3/c1-9-10(8-16-9)6-5-7-13(11(14)15)12(2,3)4/h5-6,10H,1,7-8H2,2-4H3,(H,14,15)/t10-/m0/s1. The van der Waals surface area contributed by atoms with E-state index in [-0.39, 0.29) is 11.5 Å². The van der Waals surface area contributed by atoms with Gasteiger partial charge in [-0.2, -0.15) is 0 Å². The Balaban J connectivity index is 2.50. The minimum Gasteiger partial charge on any atom is -0.497 e. The van der Waals surface area contributed by atoms with Crippen LogP contribution in [0.25, 0.3) is 0 Å². The third-order valence-electron chi connectivity index (χ3n) is 2.56. The highest BCUT2D eigenvalue weighted by Gasteiger charge is 2.25. The topological polar surface area (TPSA) is 49.8 Å². The summed E-state index contributed by atoms with van der Waals surface area (Å²) in [5.74, 6) is 1.00. The number of amides is 1. The molecule has 4 nitrogen and oxygen atoms in total. The molecular weight excluding hydrogens is 206 g/mol. The Morgan fingerprint density at radius 2 is 2.31 bits per heavy atom. The molecule has 0 aromatic rings. The molecule has 0 aromatic heterocycles. The minimum absolute atomic E-state index is 0.246. The molecule has 0 aromatic carbocycles. The Morgan fingerprint density at radius 3 is 2.62 bits per heavy atom. The lowest BCUT2D eigenvalue weighted by Gasteiger charge is -2.32. The first-order valence-electron chi connectivity index (χ1n) is 5.31. The minimum atomic E-state index is -0.902. The van der Waals surface area contributed by atoms with Crippen molar-refractivity contribution in [3.05, 3.63) is 24.5 Å². The summed E-state index contributed by atoms with van der Waals surface area (Å²) in [7, 11) is 0. The zero-order valence-electron chi connectivity index (χ0n) is 10.1. The van der Waals surface area contributed by atoms with Crippen LogP contribution in [-0.2, 0) is 4.74 Å². The van der Waals surface area contributed by atoms with Gasteiger partial charge in [0.1, 0.15) is 6.61 Å². The second-order valence-corrected chi connectivity index (χ2v) is 4.88. The van der Waals surface area contributed by atoms with Gasteiger partial charge in [0.25, 0.3) is 0 Å². The molecule has 1 fully saturated rings. The SMILES string of the molecule is C=C1OC[C@@H]1C=CCN(C(=O)O)C(C)(C)C. The van der Waals surface area contributed by atoms with Crippen molar-refractivity contribution in [2.24, 2.45) is 5.92 Å². The van der Waals surface area contributed by atoms with Gasteiger partial charge in [0.15, 0.2) is 0 Å². The third-order valence-corrected chi connectivity index (χ3v) is 2.56. The van der Waals surface area contributed by atoms with Crippen molar-refractivity contribution in [1.29, 1.82) is 0 Å². The maximum Gasteiger partial charge on any atom is 0.408 e. The average Bonchev–Trinajstić information content (AvgIpc) is 2.12. The molecule has 0 saturated carbocycles. The Bertz CT molecular complexity index is 315. The predicted molar refractivity (Wildman–Crippen MR) is 62.2 cm³/mol. The monoisotopic (exact) mass is 225 g/mol. The maximum atomic E-state index is 11.0. The van der Waals surface area contributed by atoms with E-state index in [4.69, 9.17) is 9.84 Å². The van der Waals surface area contributed by atoms with E-state index in [1.54, 1.807) is 0 Å². The molecule has 1 saturated heterocycles. The molecule has 1 amide bonds. The molecule has 0 bridgehead atoms. The third kappa shape index (κ3) is 3.02. The molecule has 1 N–H and O–H groups in total. The number of ether oxygens (including phenoxy) is 1. The van der Waals surface area contributed by atoms with Gasteiger partial charge < -0.3 is 9.84 Å². The Hall–Kier alpha value is -1.45. The highest BCUT2D eigenvalue weighted by atomic mass is 16.5. The van der Waals surface area contributed by atoms with Gasteiger partial charge in [0.2, 0.25) is 0 Å². The molecule has 1 aliphatic heterocycles. The Morgan fingerprint density at radius 1 is 1.69 bits per heavy atom. The van der Waals surface area contributed by atoms with Crippen LogP contribution in [-0.4, -0.2) is 34.8 Å². The lowest BCUT2D eigenvalue weighted by Crippen LogP contribution is -2.45. The summed E-state index contributed by atoms with van der Waals surface area (Å²) in [4.78, 5) is 12.4. The number of nitrogens with zero attached hydrogens (tertiary/aromatic N) is 1. The van der Waals surface area contributed by atoms with Crippen molar-refractivity contribution in [1.82, 2.24) is 4.90 Å². The highest BCUT2D eigenvalue weighted by molar-refractivity contribution is 5.66. The van der Waals surface area contributed by atoms with Crippen LogP contribution in [0.15, 0.2) is 24.5 Å². The molecule has 1 heterocycles. The quantitative estimate of drug-likeness (QED) is 0.751. The normalized spacial score (nSPS) is 20.4. The van der Waals surface area contributed by atoms with Crippen molar-refractivity contribution in [2.45, 2.75) is 26.3 Å². The lowest BCUT2D eigenvalue weighted by atomic mass is 10.0. The molecular formula is C12H19NO3. The summed E-state index contributed by atoms with van der Waals surface area (Å²) in [6, 6.07) is 0. The Labute approximate surface area is 96.2 Å². The number of carboxylic acid groups (broad SMARTS) is 1. The van der Waals surface area contributed by atoms with Gasteiger partial charge >= 0.3 is 6.09 Å². The van der Waals surface area contributed by atoms with E-state index in [1.165, 1.54) is 4.90 Å². The lowest BCUT2D eigenvalue weighted by molar-refractivity contribution is 0.0751. The van der Waals surface area contributed by atoms with Crippen molar-refractivity contribution < 1.29 is 14.6 Å². The Kier molecular flexibility index (Phi) is 3.62. The molecule has 0 unspecified atom stereocenters. The molecule has 0 aliphatic carbocycles. The van der Waals surface area contributed by atoms with Crippen LogP contribution < -0.4 is 0 Å². The summed E-state index contributed by atoms with van der Waals surface area (Å²) in [6.07, 6.45) is 2.91. The molecule has 1 atom stereocenters. The maximum absolute atomic E-state index is 11.0. The highest BCUT2D eigenvalue weighted by Crippen LogP contribution is 2.23. The van der Waals surface area contributed by atoms with Crippen LogP contribution in [0.1, 0.15) is 20.8 Å². The molecule has 1 aliphatic rings. The molecule has 1 rings (SSSR count). The van der Waals surface area contributed by atoms with Gasteiger partial charge in [-0.25, -0.2) is 4.79 Å². The number of carbonyl (C=O) groups is 1. The summed E-state index contributed by atoms with van der Waals surface area (Å²) >= 11 is 0. The van der Waals surface area contributed by atoms with E-state index >= 15 is 0 Å². The summed E-state index contributed by atoms with van der Waals surface area (Å²) in [6.45, 7) is 10.4. The van der Waals surface area contributed by atoms with E-state index in [0.29, 0.717) is 13.2 Å². The number of rotatable bonds is 3. The molecule has 16 heavy (non-hydrogen) atoms. The van der Waals surface area contributed by atoms with E-state index in [1.807, 2.05) is 32.9 Å². The smallest absolute Gasteiger partial charge is 0.408 e. The fraction of sp³-hybridized carbons (Fsp3) is 0.583. The van der Waals surface area contributed by atoms with Crippen molar-refractivity contribution in [3.8, 4) is 0 Å². The summed E-state index contributed by atoms with van der Waals surface area (Å²) in [5, 5.41) is 9.05. The van der Waals surface area contributed by atoms with Gasteiger partial charge in [0, 0.05) is 12.1 Å². The van der Waals surface area contributed by atoms with Gasteiger partial charge in [-0.05, 0) is 20.8 Å². The first kappa shape index (κ1) is 12.6. The van der Waals surface area contributed by atoms with Crippen molar-refractivity contribution in [3.63, 3.8) is 0 Å². The van der Waals surface area contributed by atoms with Gasteiger partial charge in [-0.1, -0.05) is 18.7 Å². The number of hydrogen-bond donors (Lipinski definition) is 1. The predicted octanol–water partition coefficient (Wildman–Crippen LogP) is 2.48. The van der Waals surface area contributed by atoms with E-state index < -0.39 is 6.09 Å². The van der Waals surface area contributed by atoms with Crippen LogP contribution in [0.2, 0.25) is 0 Å². The second-order valence-electron chi connectivity index (χ2n) is 4.88. The van der Waals surface area contributed by atoms with Crippen LogP contribution in [0.3, 0.4) is 0 Å². The first-order chi connectivity index (χ1) is 7.32. The zero-order valence-corrected chi connectivity index (χ0v) is 10.1. The van der Waals surface area contributed by atoms with E-state index in [0.717, 1.165) is 5.76 Å². The van der Waals surface area contributed by atoms with E-state index in [9.17, 15) is 4.79 Å². The average molecular weight is 225 g/mol. The fourth-order valence-electron chi connectivity index (χ4n) is 1.43. The molecule has 0 spiro atoms. The molecule has 4 heteroatoms. The van der Waals surface area contributed by atoms with Gasteiger partial charge in [-0.15, -0.1) is 0 Å². The summed E-state index contributed by atoms with van der Waals surface area (Å²) in [5.41, 5.74) is -0.386. The van der Waals surface area contributed by atoms with Crippen LogP contribution in [0, 0.1) is 5.92 Å². The largest absolute Gasteiger partial charge is 0.497 e. The van der Waals surface area contributed by atoms with Crippen molar-refractivity contribution >= 4 is 6.09 Å². The summed E-state index contributed by atoms with van der Waals surface area (Å²) < 4.78 is 5.04. The van der Waals surface area contributed by atoms with Crippen molar-refractivity contribution in [2.75, 3.05) is 13.2 Å². The van der Waals surface area contributed by atoms with Crippen LogP contribution >= 0.6 is 0 Å². The number of hydrogen-bond acceptors (Lipinski definition) is 2. The van der Waals surface area contributed by atoms with Crippen LogP contribution in [0.4, 0.5) is 4.79 Å². The first-order valence-corrected chi connectivity index (χ1v) is 5.31. The zero-order chi connectivity index (χ0) is 12.3. The second kappa shape index (κ2) is 4.60. The molecule has 0 radical (unpaired) electrons.